The summed E-state index contributed by atoms with van der Waals surface area (Å²) in [5.74, 6) is 2.30. The van der Waals surface area contributed by atoms with Gasteiger partial charge in [-0.1, -0.05) is 0 Å². The molecule has 1 rings (SSSR count). The van der Waals surface area contributed by atoms with Crippen LogP contribution in [0.4, 0.5) is 11.6 Å². The van der Waals surface area contributed by atoms with Gasteiger partial charge in [0.2, 0.25) is 0 Å². The van der Waals surface area contributed by atoms with Crippen LogP contribution in [0.15, 0.2) is 6.07 Å². The maximum absolute atomic E-state index is 5.68. The van der Waals surface area contributed by atoms with Crippen LogP contribution in [0.3, 0.4) is 0 Å². The molecule has 4 N–H and O–H groups in total. The average Bonchev–Trinajstić information content (AvgIpc) is 2.26. The number of nitrogens with two attached hydrogens (primary N) is 1. The zero-order valence-corrected chi connectivity index (χ0v) is 10.7. The number of nitrogens with zero attached hydrogens (tertiary/aromatic N) is 2. The molecule has 0 aliphatic rings. The molecule has 0 bridgehead atoms. The number of aromatic nitrogens is 2. The van der Waals surface area contributed by atoms with Crippen LogP contribution in [-0.2, 0) is 4.74 Å². The Morgan fingerprint density at radius 3 is 2.59 bits per heavy atom. The van der Waals surface area contributed by atoms with Crippen molar-refractivity contribution in [3.8, 4) is 0 Å². The van der Waals surface area contributed by atoms with Gasteiger partial charge >= 0.3 is 0 Å². The van der Waals surface area contributed by atoms with Gasteiger partial charge in [-0.3, -0.25) is 0 Å². The summed E-state index contributed by atoms with van der Waals surface area (Å²) in [7, 11) is 1.67. The van der Waals surface area contributed by atoms with Gasteiger partial charge in [-0.2, -0.15) is 0 Å². The predicted octanol–water partition coefficient (Wildman–Crippen LogP) is 0.602. The molecule has 0 saturated heterocycles. The van der Waals surface area contributed by atoms with Gasteiger partial charge in [0.05, 0.1) is 6.61 Å². The highest BCUT2D eigenvalue weighted by Gasteiger charge is 2.02. The van der Waals surface area contributed by atoms with Crippen molar-refractivity contribution in [2.75, 3.05) is 37.4 Å². The molecular weight excluding hydrogens is 218 g/mol. The lowest BCUT2D eigenvalue weighted by Gasteiger charge is -2.11. The molecule has 0 fully saturated rings. The van der Waals surface area contributed by atoms with E-state index in [-0.39, 0.29) is 6.04 Å². The smallest absolute Gasteiger partial charge is 0.131 e. The Hall–Kier alpha value is -1.40. The first-order valence-electron chi connectivity index (χ1n) is 5.69. The highest BCUT2D eigenvalue weighted by molar-refractivity contribution is 5.47. The molecule has 0 radical (unpaired) electrons. The van der Waals surface area contributed by atoms with Crippen molar-refractivity contribution in [3.63, 3.8) is 0 Å². The quantitative estimate of drug-likeness (QED) is 0.604. The van der Waals surface area contributed by atoms with E-state index in [0.717, 1.165) is 24.0 Å². The van der Waals surface area contributed by atoms with E-state index in [1.54, 1.807) is 7.11 Å². The van der Waals surface area contributed by atoms with Gasteiger partial charge in [-0.05, 0) is 13.8 Å². The first-order valence-corrected chi connectivity index (χ1v) is 5.69. The standard InChI is InChI=1S/C11H21N5O/c1-8(12)7-14-11-6-10(13-4-5-17-3)15-9(2)16-11/h6,8H,4-5,7,12H2,1-3H3,(H2,13,14,15,16). The number of aryl methyl sites for hydroxylation is 1. The van der Waals surface area contributed by atoms with E-state index in [1.807, 2.05) is 19.9 Å². The fourth-order valence-electron chi connectivity index (χ4n) is 1.30. The van der Waals surface area contributed by atoms with Crippen molar-refractivity contribution in [3.05, 3.63) is 11.9 Å². The fourth-order valence-corrected chi connectivity index (χ4v) is 1.30. The Labute approximate surface area is 102 Å². The molecule has 1 unspecified atom stereocenters. The van der Waals surface area contributed by atoms with Gasteiger partial charge in [-0.25, -0.2) is 9.97 Å². The highest BCUT2D eigenvalue weighted by Crippen LogP contribution is 2.10. The normalized spacial score (nSPS) is 12.2. The molecule has 0 amide bonds. The van der Waals surface area contributed by atoms with Crippen molar-refractivity contribution in [1.29, 1.82) is 0 Å². The molecule has 96 valence electrons. The van der Waals surface area contributed by atoms with Crippen molar-refractivity contribution in [1.82, 2.24) is 9.97 Å². The van der Waals surface area contributed by atoms with Crippen molar-refractivity contribution >= 4 is 11.6 Å². The summed E-state index contributed by atoms with van der Waals surface area (Å²) in [5, 5.41) is 6.34. The number of rotatable bonds is 7. The zero-order chi connectivity index (χ0) is 12.7. The van der Waals surface area contributed by atoms with Gasteiger partial charge in [0.1, 0.15) is 17.5 Å². The van der Waals surface area contributed by atoms with Crippen LogP contribution < -0.4 is 16.4 Å². The molecule has 6 nitrogen and oxygen atoms in total. The summed E-state index contributed by atoms with van der Waals surface area (Å²) in [5.41, 5.74) is 5.68. The van der Waals surface area contributed by atoms with Crippen molar-refractivity contribution in [2.45, 2.75) is 19.9 Å². The minimum Gasteiger partial charge on any atom is -0.383 e. The van der Waals surface area contributed by atoms with Crippen LogP contribution >= 0.6 is 0 Å². The number of ether oxygens (including phenoxy) is 1. The SMILES string of the molecule is COCCNc1cc(NCC(C)N)nc(C)n1. The Morgan fingerprint density at radius 2 is 2.00 bits per heavy atom. The van der Waals surface area contributed by atoms with E-state index < -0.39 is 0 Å². The van der Waals surface area contributed by atoms with Gasteiger partial charge in [0.15, 0.2) is 0 Å². The largest absolute Gasteiger partial charge is 0.383 e. The molecule has 0 spiro atoms. The van der Waals surface area contributed by atoms with E-state index in [4.69, 9.17) is 10.5 Å². The molecule has 17 heavy (non-hydrogen) atoms. The summed E-state index contributed by atoms with van der Waals surface area (Å²) < 4.78 is 4.96. The highest BCUT2D eigenvalue weighted by atomic mass is 16.5. The average molecular weight is 239 g/mol. The lowest BCUT2D eigenvalue weighted by molar-refractivity contribution is 0.210. The zero-order valence-electron chi connectivity index (χ0n) is 10.7. The molecular formula is C11H21N5O. The Bertz CT molecular complexity index is 343. The van der Waals surface area contributed by atoms with Gasteiger partial charge < -0.3 is 21.1 Å². The minimum absolute atomic E-state index is 0.0928. The van der Waals surface area contributed by atoms with Crippen LogP contribution in [0.1, 0.15) is 12.7 Å². The minimum atomic E-state index is 0.0928. The molecule has 6 heteroatoms. The summed E-state index contributed by atoms with van der Waals surface area (Å²) in [4.78, 5) is 8.57. The predicted molar refractivity (Wildman–Crippen MR) is 69.3 cm³/mol. The van der Waals surface area contributed by atoms with Crippen molar-refractivity contribution in [2.24, 2.45) is 5.73 Å². The van der Waals surface area contributed by atoms with Crippen LogP contribution in [0.2, 0.25) is 0 Å². The van der Waals surface area contributed by atoms with Gasteiger partial charge in [-0.15, -0.1) is 0 Å². The van der Waals surface area contributed by atoms with E-state index in [0.29, 0.717) is 13.2 Å². The van der Waals surface area contributed by atoms with E-state index in [1.165, 1.54) is 0 Å². The Balaban J connectivity index is 2.59. The third-order valence-electron chi connectivity index (χ3n) is 2.06. The number of hydrogen-bond donors (Lipinski definition) is 3. The molecule has 1 heterocycles. The summed E-state index contributed by atoms with van der Waals surface area (Å²) >= 11 is 0. The van der Waals surface area contributed by atoms with Gasteiger partial charge in [0, 0.05) is 32.3 Å². The van der Waals surface area contributed by atoms with Crippen LogP contribution in [0, 0.1) is 6.92 Å². The number of methoxy groups -OCH3 is 1. The second-order valence-corrected chi connectivity index (χ2v) is 3.96. The topological polar surface area (TPSA) is 85.1 Å². The van der Waals surface area contributed by atoms with Crippen LogP contribution in [0.5, 0.6) is 0 Å². The summed E-state index contributed by atoms with van der Waals surface area (Å²) in [6, 6.07) is 1.96. The molecule has 1 aromatic heterocycles. The molecule has 0 saturated carbocycles. The molecule has 0 aliphatic carbocycles. The fraction of sp³-hybridized carbons (Fsp3) is 0.636. The first kappa shape index (κ1) is 13.7. The molecule has 0 aliphatic heterocycles. The second kappa shape index (κ2) is 7.03. The Morgan fingerprint density at radius 1 is 1.35 bits per heavy atom. The summed E-state index contributed by atoms with van der Waals surface area (Å²) in [6.07, 6.45) is 0. The molecule has 0 aromatic carbocycles. The molecule has 1 aromatic rings. The maximum Gasteiger partial charge on any atom is 0.131 e. The van der Waals surface area contributed by atoms with Gasteiger partial charge in [0.25, 0.3) is 0 Å². The third kappa shape index (κ3) is 5.46. The first-order chi connectivity index (χ1) is 8.11. The monoisotopic (exact) mass is 239 g/mol. The lowest BCUT2D eigenvalue weighted by atomic mass is 10.3. The van der Waals surface area contributed by atoms with E-state index in [2.05, 4.69) is 20.6 Å². The van der Waals surface area contributed by atoms with E-state index >= 15 is 0 Å². The van der Waals surface area contributed by atoms with Crippen LogP contribution in [-0.4, -0.2) is 42.8 Å². The molecule has 1 atom stereocenters. The number of hydrogen-bond acceptors (Lipinski definition) is 6. The second-order valence-electron chi connectivity index (χ2n) is 3.96. The summed E-state index contributed by atoms with van der Waals surface area (Å²) in [6.45, 7) is 5.86. The number of anilines is 2. The maximum atomic E-state index is 5.68. The number of nitrogens with one attached hydrogen (secondary N) is 2. The van der Waals surface area contributed by atoms with Crippen molar-refractivity contribution < 1.29 is 4.74 Å². The van der Waals surface area contributed by atoms with Crippen LogP contribution in [0.25, 0.3) is 0 Å². The Kier molecular flexibility index (Phi) is 5.65. The third-order valence-corrected chi connectivity index (χ3v) is 2.06. The lowest BCUT2D eigenvalue weighted by Crippen LogP contribution is -2.25. The van der Waals surface area contributed by atoms with E-state index in [9.17, 15) is 0 Å².